The van der Waals surface area contributed by atoms with Gasteiger partial charge in [0.15, 0.2) is 0 Å². The lowest BCUT2D eigenvalue weighted by Crippen LogP contribution is -2.41. The van der Waals surface area contributed by atoms with Crippen molar-refractivity contribution in [3.63, 3.8) is 0 Å². The smallest absolute Gasteiger partial charge is 0.400 e. The van der Waals surface area contributed by atoms with Crippen LogP contribution in [-0.2, 0) is 9.31 Å². The number of anilines is 1. The third kappa shape index (κ3) is 3.49. The van der Waals surface area contributed by atoms with E-state index in [0.29, 0.717) is 17.3 Å². The highest BCUT2D eigenvalue weighted by molar-refractivity contribution is 6.56. The van der Waals surface area contributed by atoms with Gasteiger partial charge >= 0.3 is 7.12 Å². The molecule has 0 spiro atoms. The van der Waals surface area contributed by atoms with E-state index in [4.69, 9.17) is 26.6 Å². The van der Waals surface area contributed by atoms with Gasteiger partial charge in [-0.25, -0.2) is 0 Å². The fourth-order valence-electron chi connectivity index (χ4n) is 2.26. The average Bonchev–Trinajstić information content (AvgIpc) is 2.61. The summed E-state index contributed by atoms with van der Waals surface area (Å²) in [5.41, 5.74) is 7.55. The number of halogens is 1. The second-order valence-electron chi connectivity index (χ2n) is 6.62. The molecule has 0 aromatic heterocycles. The van der Waals surface area contributed by atoms with Crippen LogP contribution in [0.3, 0.4) is 0 Å². The highest BCUT2D eigenvalue weighted by Gasteiger charge is 2.52. The Morgan fingerprint density at radius 3 is 2.36 bits per heavy atom. The number of benzene rings is 1. The van der Waals surface area contributed by atoms with Crippen LogP contribution in [0.5, 0.6) is 0 Å². The maximum Gasteiger partial charge on any atom is 0.491 e. The Labute approximate surface area is 138 Å². The van der Waals surface area contributed by atoms with Crippen molar-refractivity contribution in [3.05, 3.63) is 34.3 Å². The highest BCUT2D eigenvalue weighted by Crippen LogP contribution is 2.39. The average molecular weight is 323 g/mol. The SMILES string of the molecule is CNCC(=Cc1ccc(N)cc1Cl)B1OC(C)(C)C(C)(C)O1. The molecule has 1 aromatic rings. The van der Waals surface area contributed by atoms with E-state index in [0.717, 1.165) is 11.0 Å². The first kappa shape index (κ1) is 17.4. The van der Waals surface area contributed by atoms with Crippen LogP contribution in [0.4, 0.5) is 5.69 Å². The standard InChI is InChI=1S/C16H24BClN2O2/c1-15(2)16(3,4)22-17(21-15)12(10-20-5)8-11-6-7-13(19)9-14(11)18/h6-9,20H,10,19H2,1-5H3. The molecular formula is C16H24BClN2O2. The Kier molecular flexibility index (Phi) is 4.92. The zero-order chi connectivity index (χ0) is 16.5. The lowest BCUT2D eigenvalue weighted by Gasteiger charge is -2.32. The fraction of sp³-hybridized carbons (Fsp3) is 0.500. The van der Waals surface area contributed by atoms with Crippen molar-refractivity contribution in [3.8, 4) is 0 Å². The van der Waals surface area contributed by atoms with Crippen LogP contribution in [0, 0.1) is 0 Å². The Morgan fingerprint density at radius 1 is 1.27 bits per heavy atom. The molecule has 120 valence electrons. The summed E-state index contributed by atoms with van der Waals surface area (Å²) in [5.74, 6) is 0. The van der Waals surface area contributed by atoms with Gasteiger partial charge in [0.25, 0.3) is 0 Å². The lowest BCUT2D eigenvalue weighted by molar-refractivity contribution is 0.00578. The van der Waals surface area contributed by atoms with Gasteiger partial charge in [-0.2, -0.15) is 0 Å². The molecule has 1 aromatic carbocycles. The molecule has 0 amide bonds. The summed E-state index contributed by atoms with van der Waals surface area (Å²) >= 11 is 6.27. The van der Waals surface area contributed by atoms with E-state index in [-0.39, 0.29) is 11.2 Å². The first-order chi connectivity index (χ1) is 10.2. The molecule has 1 heterocycles. The molecule has 6 heteroatoms. The Bertz CT molecular complexity index is 572. The van der Waals surface area contributed by atoms with E-state index in [1.165, 1.54) is 0 Å². The van der Waals surface area contributed by atoms with Crippen molar-refractivity contribution >= 4 is 30.5 Å². The lowest BCUT2D eigenvalue weighted by atomic mass is 9.77. The van der Waals surface area contributed by atoms with Crippen LogP contribution in [0.15, 0.2) is 23.7 Å². The molecule has 1 saturated heterocycles. The zero-order valence-electron chi connectivity index (χ0n) is 13.9. The second kappa shape index (κ2) is 6.24. The minimum absolute atomic E-state index is 0.366. The summed E-state index contributed by atoms with van der Waals surface area (Å²) < 4.78 is 12.2. The number of rotatable bonds is 4. The van der Waals surface area contributed by atoms with Gasteiger partial charge in [0, 0.05) is 17.3 Å². The normalized spacial score (nSPS) is 20.5. The minimum atomic E-state index is -0.397. The molecular weight excluding hydrogens is 298 g/mol. The minimum Gasteiger partial charge on any atom is -0.400 e. The van der Waals surface area contributed by atoms with Gasteiger partial charge in [0.1, 0.15) is 0 Å². The summed E-state index contributed by atoms with van der Waals surface area (Å²) in [6.45, 7) is 8.82. The van der Waals surface area contributed by atoms with Gasteiger partial charge in [0.2, 0.25) is 0 Å². The van der Waals surface area contributed by atoms with Crippen LogP contribution < -0.4 is 11.1 Å². The van der Waals surface area contributed by atoms with Crippen molar-refractivity contribution in [1.82, 2.24) is 5.32 Å². The molecule has 1 aliphatic rings. The molecule has 0 unspecified atom stereocenters. The number of likely N-dealkylation sites (N-methyl/N-ethyl adjacent to an activating group) is 1. The molecule has 2 rings (SSSR count). The second-order valence-corrected chi connectivity index (χ2v) is 7.03. The van der Waals surface area contributed by atoms with Gasteiger partial charge in [-0.3, -0.25) is 0 Å². The van der Waals surface area contributed by atoms with E-state index in [1.807, 2.05) is 53.0 Å². The largest absolute Gasteiger partial charge is 0.491 e. The van der Waals surface area contributed by atoms with Crippen LogP contribution in [0.2, 0.25) is 5.02 Å². The van der Waals surface area contributed by atoms with Crippen molar-refractivity contribution in [2.75, 3.05) is 19.3 Å². The molecule has 1 aliphatic heterocycles. The van der Waals surface area contributed by atoms with E-state index in [2.05, 4.69) is 5.32 Å². The molecule has 0 atom stereocenters. The summed E-state index contributed by atoms with van der Waals surface area (Å²) in [5, 5.41) is 3.77. The van der Waals surface area contributed by atoms with Gasteiger partial charge < -0.3 is 20.4 Å². The summed E-state index contributed by atoms with van der Waals surface area (Å²) in [7, 11) is 1.50. The van der Waals surface area contributed by atoms with Crippen molar-refractivity contribution < 1.29 is 9.31 Å². The van der Waals surface area contributed by atoms with Crippen LogP contribution >= 0.6 is 11.6 Å². The number of nitrogen functional groups attached to an aromatic ring is 1. The molecule has 4 nitrogen and oxygen atoms in total. The van der Waals surface area contributed by atoms with Gasteiger partial charge in [0.05, 0.1) is 11.2 Å². The molecule has 22 heavy (non-hydrogen) atoms. The molecule has 1 fully saturated rings. The number of nitrogens with one attached hydrogen (secondary N) is 1. The Balaban J connectivity index is 2.33. The zero-order valence-corrected chi connectivity index (χ0v) is 14.6. The third-order valence-corrected chi connectivity index (χ3v) is 4.63. The van der Waals surface area contributed by atoms with Crippen LogP contribution in [-0.4, -0.2) is 31.9 Å². The molecule has 3 N–H and O–H groups in total. The molecule has 0 bridgehead atoms. The maximum absolute atomic E-state index is 6.27. The highest BCUT2D eigenvalue weighted by atomic mass is 35.5. The van der Waals surface area contributed by atoms with Crippen molar-refractivity contribution in [1.29, 1.82) is 0 Å². The summed E-state index contributed by atoms with van der Waals surface area (Å²) in [6.07, 6.45) is 2.00. The maximum atomic E-state index is 6.27. The monoisotopic (exact) mass is 322 g/mol. The quantitative estimate of drug-likeness (QED) is 0.660. The van der Waals surface area contributed by atoms with Crippen LogP contribution in [0.25, 0.3) is 6.08 Å². The predicted octanol–water partition coefficient (Wildman–Crippen LogP) is 3.16. The number of nitrogens with two attached hydrogens (primary N) is 1. The molecule has 0 aliphatic carbocycles. The van der Waals surface area contributed by atoms with Crippen molar-refractivity contribution in [2.24, 2.45) is 0 Å². The number of hydrogen-bond acceptors (Lipinski definition) is 4. The van der Waals surface area contributed by atoms with E-state index in [9.17, 15) is 0 Å². The van der Waals surface area contributed by atoms with Gasteiger partial charge in [-0.05, 0) is 57.9 Å². The van der Waals surface area contributed by atoms with Gasteiger partial charge in [-0.1, -0.05) is 23.7 Å². The van der Waals surface area contributed by atoms with Crippen LogP contribution in [0.1, 0.15) is 33.3 Å². The fourth-order valence-corrected chi connectivity index (χ4v) is 2.50. The topological polar surface area (TPSA) is 56.5 Å². The van der Waals surface area contributed by atoms with Gasteiger partial charge in [-0.15, -0.1) is 0 Å². The number of hydrogen-bond donors (Lipinski definition) is 2. The first-order valence-corrected chi connectivity index (χ1v) is 7.80. The Hall–Kier alpha value is -1.01. The van der Waals surface area contributed by atoms with E-state index in [1.54, 1.807) is 6.07 Å². The molecule has 0 radical (unpaired) electrons. The molecule has 0 saturated carbocycles. The van der Waals surface area contributed by atoms with E-state index < -0.39 is 7.12 Å². The summed E-state index contributed by atoms with van der Waals surface area (Å²) in [4.78, 5) is 0. The third-order valence-electron chi connectivity index (χ3n) is 4.30. The predicted molar refractivity (Wildman–Crippen MR) is 93.9 cm³/mol. The van der Waals surface area contributed by atoms with E-state index >= 15 is 0 Å². The first-order valence-electron chi connectivity index (χ1n) is 7.42. The summed E-state index contributed by atoms with van der Waals surface area (Å²) in [6, 6.07) is 5.48. The Morgan fingerprint density at radius 2 is 1.86 bits per heavy atom. The van der Waals surface area contributed by atoms with Crippen molar-refractivity contribution in [2.45, 2.75) is 38.9 Å².